The smallest absolute Gasteiger partial charge is 0.221 e. The van der Waals surface area contributed by atoms with Gasteiger partial charge in [0.05, 0.1) is 6.10 Å². The van der Waals surface area contributed by atoms with Crippen molar-refractivity contribution in [2.75, 3.05) is 13.2 Å². The maximum absolute atomic E-state index is 11.7. The van der Waals surface area contributed by atoms with E-state index in [2.05, 4.69) is 26.1 Å². The Hall–Kier alpha value is -0.610. The number of rotatable bonds is 9. The third-order valence-electron chi connectivity index (χ3n) is 2.67. The van der Waals surface area contributed by atoms with Crippen LogP contribution in [0.25, 0.3) is 0 Å². The predicted molar refractivity (Wildman–Crippen MR) is 80.0 cm³/mol. The van der Waals surface area contributed by atoms with E-state index in [1.165, 1.54) is 0 Å². The highest BCUT2D eigenvalue weighted by molar-refractivity contribution is 5.76. The number of carbonyl (C=O) groups is 1. The lowest BCUT2D eigenvalue weighted by Crippen LogP contribution is -2.34. The first-order valence-electron chi connectivity index (χ1n) is 7.34. The summed E-state index contributed by atoms with van der Waals surface area (Å²) in [6.45, 7) is 11.9. The fourth-order valence-electron chi connectivity index (χ4n) is 1.94. The van der Waals surface area contributed by atoms with E-state index < -0.39 is 0 Å². The lowest BCUT2D eigenvalue weighted by atomic mass is 9.87. The van der Waals surface area contributed by atoms with Crippen molar-refractivity contribution >= 4 is 5.91 Å². The number of carbonyl (C=O) groups excluding carboxylic acids is 1. The number of ether oxygens (including phenoxy) is 1. The first-order chi connectivity index (χ1) is 8.70. The molecule has 3 N–H and O–H groups in total. The second kappa shape index (κ2) is 9.32. The van der Waals surface area contributed by atoms with Gasteiger partial charge >= 0.3 is 0 Å². The van der Waals surface area contributed by atoms with Gasteiger partial charge in [-0.3, -0.25) is 4.79 Å². The Morgan fingerprint density at radius 2 is 1.89 bits per heavy atom. The quantitative estimate of drug-likeness (QED) is 0.634. The predicted octanol–water partition coefficient (Wildman–Crippen LogP) is 2.46. The highest BCUT2D eigenvalue weighted by Crippen LogP contribution is 2.20. The van der Waals surface area contributed by atoms with E-state index in [1.807, 2.05) is 13.8 Å². The van der Waals surface area contributed by atoms with Gasteiger partial charge in [0.15, 0.2) is 0 Å². The average Bonchev–Trinajstić information content (AvgIpc) is 2.19. The van der Waals surface area contributed by atoms with Crippen LogP contribution in [0.5, 0.6) is 0 Å². The number of nitrogens with two attached hydrogens (primary N) is 1. The molecule has 0 aromatic heterocycles. The van der Waals surface area contributed by atoms with Crippen molar-refractivity contribution in [1.29, 1.82) is 0 Å². The zero-order chi connectivity index (χ0) is 14.9. The zero-order valence-electron chi connectivity index (χ0n) is 13.3. The second-order valence-electron chi connectivity index (χ2n) is 6.71. The first-order valence-corrected chi connectivity index (χ1v) is 7.34. The highest BCUT2D eigenvalue weighted by Gasteiger charge is 2.17. The Morgan fingerprint density at radius 1 is 1.26 bits per heavy atom. The van der Waals surface area contributed by atoms with Crippen LogP contribution in [0, 0.1) is 5.41 Å². The molecule has 1 unspecified atom stereocenters. The topological polar surface area (TPSA) is 64.3 Å². The third-order valence-corrected chi connectivity index (χ3v) is 2.67. The number of nitrogens with one attached hydrogen (secondary N) is 1. The van der Waals surface area contributed by atoms with E-state index >= 15 is 0 Å². The minimum atomic E-state index is -0.0516. The molecule has 114 valence electrons. The van der Waals surface area contributed by atoms with E-state index in [-0.39, 0.29) is 23.5 Å². The van der Waals surface area contributed by atoms with Gasteiger partial charge in [-0.15, -0.1) is 0 Å². The number of hydrogen-bond acceptors (Lipinski definition) is 3. The molecule has 0 aromatic carbocycles. The van der Waals surface area contributed by atoms with Crippen molar-refractivity contribution in [3.05, 3.63) is 0 Å². The Morgan fingerprint density at radius 3 is 2.42 bits per heavy atom. The number of unbranched alkanes of at least 4 members (excludes halogenated alkanes) is 1. The largest absolute Gasteiger partial charge is 0.379 e. The second-order valence-corrected chi connectivity index (χ2v) is 6.71. The van der Waals surface area contributed by atoms with E-state index in [1.54, 1.807) is 0 Å². The molecule has 0 heterocycles. The molecule has 1 atom stereocenters. The van der Waals surface area contributed by atoms with Crippen molar-refractivity contribution in [2.24, 2.45) is 11.1 Å². The van der Waals surface area contributed by atoms with Crippen molar-refractivity contribution in [3.8, 4) is 0 Å². The molecule has 0 saturated carbocycles. The lowest BCUT2D eigenvalue weighted by molar-refractivity contribution is -0.121. The Kier molecular flexibility index (Phi) is 9.02. The highest BCUT2D eigenvalue weighted by atomic mass is 16.5. The molecule has 0 bridgehead atoms. The minimum absolute atomic E-state index is 0.0516. The molecular weight excluding hydrogens is 240 g/mol. The molecular formula is C15H32N2O2. The molecule has 4 heteroatoms. The molecule has 0 aliphatic heterocycles. The Labute approximate surface area is 118 Å². The van der Waals surface area contributed by atoms with Gasteiger partial charge in [-0.2, -0.15) is 0 Å². The fraction of sp³-hybridized carbons (Fsp3) is 0.933. The lowest BCUT2D eigenvalue weighted by Gasteiger charge is -2.22. The molecule has 1 amide bonds. The van der Waals surface area contributed by atoms with Crippen molar-refractivity contribution < 1.29 is 9.53 Å². The van der Waals surface area contributed by atoms with Gasteiger partial charge in [0.25, 0.3) is 0 Å². The van der Waals surface area contributed by atoms with Crippen LogP contribution >= 0.6 is 0 Å². The first kappa shape index (κ1) is 18.4. The SMILES string of the molecule is CC(C)OCCCCNC(=O)CC(N)CC(C)(C)C. The molecule has 0 radical (unpaired) electrons. The Bertz CT molecular complexity index is 247. The third kappa shape index (κ3) is 13.6. The molecule has 0 aromatic rings. The van der Waals surface area contributed by atoms with Crippen LogP contribution in [0.15, 0.2) is 0 Å². The molecule has 4 nitrogen and oxygen atoms in total. The van der Waals surface area contributed by atoms with E-state index in [0.717, 1.165) is 25.9 Å². The van der Waals surface area contributed by atoms with Crippen LogP contribution in [0.3, 0.4) is 0 Å². The van der Waals surface area contributed by atoms with Crippen LogP contribution < -0.4 is 11.1 Å². The van der Waals surface area contributed by atoms with Gasteiger partial charge in [-0.05, 0) is 38.5 Å². The van der Waals surface area contributed by atoms with Crippen LogP contribution in [0.1, 0.15) is 60.3 Å². The van der Waals surface area contributed by atoms with Crippen LogP contribution in [0.4, 0.5) is 0 Å². The maximum Gasteiger partial charge on any atom is 0.221 e. The molecule has 0 spiro atoms. The summed E-state index contributed by atoms with van der Waals surface area (Å²) in [6, 6.07) is -0.0516. The van der Waals surface area contributed by atoms with Gasteiger partial charge < -0.3 is 15.8 Å². The van der Waals surface area contributed by atoms with Gasteiger partial charge in [-0.25, -0.2) is 0 Å². The average molecular weight is 272 g/mol. The van der Waals surface area contributed by atoms with Gasteiger partial charge in [0.1, 0.15) is 0 Å². The Balaban J connectivity index is 3.54. The molecule has 0 aliphatic rings. The molecule has 0 saturated heterocycles. The normalized spacial score (nSPS) is 13.6. The van der Waals surface area contributed by atoms with Crippen molar-refractivity contribution in [1.82, 2.24) is 5.32 Å². The van der Waals surface area contributed by atoms with E-state index in [0.29, 0.717) is 13.0 Å². The zero-order valence-corrected chi connectivity index (χ0v) is 13.3. The minimum Gasteiger partial charge on any atom is -0.379 e. The van der Waals surface area contributed by atoms with Crippen LogP contribution in [-0.4, -0.2) is 31.2 Å². The van der Waals surface area contributed by atoms with E-state index in [9.17, 15) is 4.79 Å². The van der Waals surface area contributed by atoms with Gasteiger partial charge in [-0.1, -0.05) is 20.8 Å². The van der Waals surface area contributed by atoms with E-state index in [4.69, 9.17) is 10.5 Å². The van der Waals surface area contributed by atoms with Crippen molar-refractivity contribution in [3.63, 3.8) is 0 Å². The molecule has 19 heavy (non-hydrogen) atoms. The summed E-state index contributed by atoms with van der Waals surface area (Å²) in [6.07, 6.45) is 3.49. The summed E-state index contributed by atoms with van der Waals surface area (Å²) in [5.74, 6) is 0.0570. The van der Waals surface area contributed by atoms with Crippen LogP contribution in [0.2, 0.25) is 0 Å². The summed E-state index contributed by atoms with van der Waals surface area (Å²) >= 11 is 0. The van der Waals surface area contributed by atoms with Gasteiger partial charge in [0, 0.05) is 25.6 Å². The van der Waals surface area contributed by atoms with Crippen molar-refractivity contribution in [2.45, 2.75) is 72.4 Å². The summed E-state index contributed by atoms with van der Waals surface area (Å²) in [5, 5.41) is 2.91. The maximum atomic E-state index is 11.7. The standard InChI is InChI=1S/C15H32N2O2/c1-12(2)19-9-7-6-8-17-14(18)10-13(16)11-15(3,4)5/h12-13H,6-11,16H2,1-5H3,(H,17,18). The fourth-order valence-corrected chi connectivity index (χ4v) is 1.94. The summed E-state index contributed by atoms with van der Waals surface area (Å²) in [4.78, 5) is 11.7. The number of amides is 1. The molecule has 0 aliphatic carbocycles. The van der Waals surface area contributed by atoms with Crippen LogP contribution in [-0.2, 0) is 9.53 Å². The molecule has 0 fully saturated rings. The summed E-state index contributed by atoms with van der Waals surface area (Å²) < 4.78 is 5.44. The van der Waals surface area contributed by atoms with Gasteiger partial charge in [0.2, 0.25) is 5.91 Å². The summed E-state index contributed by atoms with van der Waals surface area (Å²) in [7, 11) is 0. The molecule has 0 rings (SSSR count). The summed E-state index contributed by atoms with van der Waals surface area (Å²) in [5.41, 5.74) is 6.14. The number of hydrogen-bond donors (Lipinski definition) is 2. The monoisotopic (exact) mass is 272 g/mol.